The van der Waals surface area contributed by atoms with Gasteiger partial charge < -0.3 is 5.32 Å². The van der Waals surface area contributed by atoms with Crippen LogP contribution in [0.25, 0.3) is 0 Å². The maximum atomic E-state index is 6.07. The Bertz CT molecular complexity index is 401. The van der Waals surface area contributed by atoms with Gasteiger partial charge in [0.2, 0.25) is 0 Å². The molecule has 1 N–H and O–H groups in total. The van der Waals surface area contributed by atoms with E-state index < -0.39 is 0 Å². The molecule has 3 heteroatoms. The van der Waals surface area contributed by atoms with Crippen molar-refractivity contribution < 1.29 is 0 Å². The van der Waals surface area contributed by atoms with Crippen molar-refractivity contribution in [3.63, 3.8) is 0 Å². The van der Waals surface area contributed by atoms with E-state index >= 15 is 0 Å². The molecule has 1 nitrogen and oxygen atoms in total. The Morgan fingerprint density at radius 1 is 1.29 bits per heavy atom. The minimum atomic E-state index is 0.339. The van der Waals surface area contributed by atoms with Gasteiger partial charge >= 0.3 is 0 Å². The lowest BCUT2D eigenvalue weighted by atomic mass is 9.79. The fraction of sp³-hybridized carbons (Fsp3) is 0.571. The van der Waals surface area contributed by atoms with Gasteiger partial charge in [0, 0.05) is 6.54 Å². The predicted octanol–water partition coefficient (Wildman–Crippen LogP) is 4.17. The molecule has 0 radical (unpaired) electrons. The van der Waals surface area contributed by atoms with Gasteiger partial charge in [-0.2, -0.15) is 0 Å². The van der Waals surface area contributed by atoms with Gasteiger partial charge in [-0.3, -0.25) is 0 Å². The van der Waals surface area contributed by atoms with Crippen molar-refractivity contribution in [2.24, 2.45) is 11.3 Å². The standard InChI is InChI=1S/C14H19Cl2N/c1-14(9-17-2,11-4-5-11)8-10-3-6-12(15)13(16)7-10/h3,6-7,11,17H,4-5,8-9H2,1-2H3. The zero-order chi connectivity index (χ0) is 12.5. The monoisotopic (exact) mass is 271 g/mol. The van der Waals surface area contributed by atoms with Gasteiger partial charge in [0.05, 0.1) is 10.0 Å². The molecule has 17 heavy (non-hydrogen) atoms. The molecule has 1 unspecified atom stereocenters. The smallest absolute Gasteiger partial charge is 0.0595 e. The third-order valence-electron chi connectivity index (χ3n) is 3.74. The van der Waals surface area contributed by atoms with E-state index in [-0.39, 0.29) is 0 Å². The SMILES string of the molecule is CNCC(C)(Cc1ccc(Cl)c(Cl)c1)C1CC1. The van der Waals surface area contributed by atoms with Crippen LogP contribution in [0.4, 0.5) is 0 Å². The second-order valence-corrected chi connectivity index (χ2v) is 6.20. The van der Waals surface area contributed by atoms with Crippen LogP contribution in [0, 0.1) is 11.3 Å². The van der Waals surface area contributed by atoms with Crippen molar-refractivity contribution in [1.82, 2.24) is 5.32 Å². The van der Waals surface area contributed by atoms with E-state index in [4.69, 9.17) is 23.2 Å². The van der Waals surface area contributed by atoms with Gasteiger partial charge in [0.15, 0.2) is 0 Å². The van der Waals surface area contributed by atoms with E-state index in [2.05, 4.69) is 18.3 Å². The van der Waals surface area contributed by atoms with E-state index in [1.165, 1.54) is 18.4 Å². The Morgan fingerprint density at radius 3 is 2.53 bits per heavy atom. The zero-order valence-corrected chi connectivity index (χ0v) is 11.9. The van der Waals surface area contributed by atoms with E-state index in [1.54, 1.807) is 0 Å². The molecular weight excluding hydrogens is 253 g/mol. The van der Waals surface area contributed by atoms with Crippen molar-refractivity contribution >= 4 is 23.2 Å². The van der Waals surface area contributed by atoms with Crippen molar-refractivity contribution in [2.75, 3.05) is 13.6 Å². The molecule has 1 atom stereocenters. The van der Waals surface area contributed by atoms with Gasteiger partial charge in [-0.15, -0.1) is 0 Å². The number of hydrogen-bond acceptors (Lipinski definition) is 1. The summed E-state index contributed by atoms with van der Waals surface area (Å²) >= 11 is 12.0. The highest BCUT2D eigenvalue weighted by Crippen LogP contribution is 2.47. The minimum absolute atomic E-state index is 0.339. The summed E-state index contributed by atoms with van der Waals surface area (Å²) in [6.45, 7) is 3.42. The highest BCUT2D eigenvalue weighted by molar-refractivity contribution is 6.42. The van der Waals surface area contributed by atoms with Gasteiger partial charge in [0.25, 0.3) is 0 Å². The summed E-state index contributed by atoms with van der Waals surface area (Å²) in [4.78, 5) is 0. The van der Waals surface area contributed by atoms with E-state index in [0.717, 1.165) is 18.9 Å². The van der Waals surface area contributed by atoms with Crippen molar-refractivity contribution in [2.45, 2.75) is 26.2 Å². The maximum absolute atomic E-state index is 6.07. The fourth-order valence-electron chi connectivity index (χ4n) is 2.65. The van der Waals surface area contributed by atoms with Crippen LogP contribution in [0.1, 0.15) is 25.3 Å². The summed E-state index contributed by atoms with van der Waals surface area (Å²) in [5.41, 5.74) is 1.62. The first kappa shape index (κ1) is 13.2. The van der Waals surface area contributed by atoms with Gasteiger partial charge in [0.1, 0.15) is 0 Å². The average molecular weight is 272 g/mol. The van der Waals surface area contributed by atoms with Gasteiger partial charge in [-0.05, 0) is 55.3 Å². The molecule has 1 fully saturated rings. The first-order valence-corrected chi connectivity index (χ1v) is 6.89. The summed E-state index contributed by atoms with van der Waals surface area (Å²) in [7, 11) is 2.02. The van der Waals surface area contributed by atoms with Gasteiger partial charge in [-0.1, -0.05) is 36.2 Å². The van der Waals surface area contributed by atoms with E-state index in [9.17, 15) is 0 Å². The highest BCUT2D eigenvalue weighted by atomic mass is 35.5. The molecule has 0 spiro atoms. The maximum Gasteiger partial charge on any atom is 0.0595 e. The molecule has 0 aliphatic heterocycles. The van der Waals surface area contributed by atoms with Gasteiger partial charge in [-0.25, -0.2) is 0 Å². The number of benzene rings is 1. The molecule has 0 heterocycles. The third kappa shape index (κ3) is 3.15. The quantitative estimate of drug-likeness (QED) is 0.848. The second-order valence-electron chi connectivity index (χ2n) is 5.38. The first-order valence-electron chi connectivity index (χ1n) is 6.14. The lowest BCUT2D eigenvalue weighted by molar-refractivity contribution is 0.263. The molecule has 1 aliphatic rings. The predicted molar refractivity (Wildman–Crippen MR) is 74.9 cm³/mol. The third-order valence-corrected chi connectivity index (χ3v) is 4.47. The number of hydrogen-bond donors (Lipinski definition) is 1. The molecule has 1 aromatic rings. The Labute approximate surface area is 114 Å². The molecular formula is C14H19Cl2N. The largest absolute Gasteiger partial charge is 0.319 e. The van der Waals surface area contributed by atoms with Crippen LogP contribution in [-0.2, 0) is 6.42 Å². The average Bonchev–Trinajstić information content (AvgIpc) is 3.07. The molecule has 0 saturated heterocycles. The Balaban J connectivity index is 2.14. The Morgan fingerprint density at radius 2 is 2.00 bits per heavy atom. The second kappa shape index (κ2) is 5.17. The molecule has 94 valence electrons. The van der Waals surface area contributed by atoms with Crippen molar-refractivity contribution in [1.29, 1.82) is 0 Å². The topological polar surface area (TPSA) is 12.0 Å². The molecule has 1 aliphatic carbocycles. The summed E-state index contributed by atoms with van der Waals surface area (Å²) in [6.07, 6.45) is 3.79. The van der Waals surface area contributed by atoms with Crippen LogP contribution >= 0.6 is 23.2 Å². The molecule has 2 rings (SSSR count). The molecule has 1 aromatic carbocycles. The lowest BCUT2D eigenvalue weighted by Crippen LogP contribution is -2.33. The Hall–Kier alpha value is -0.240. The summed E-state index contributed by atoms with van der Waals surface area (Å²) in [5.74, 6) is 0.851. The van der Waals surface area contributed by atoms with E-state index in [1.807, 2.05) is 19.2 Å². The summed E-state index contributed by atoms with van der Waals surface area (Å²) < 4.78 is 0. The Kier molecular flexibility index (Phi) is 4.02. The highest BCUT2D eigenvalue weighted by Gasteiger charge is 2.40. The minimum Gasteiger partial charge on any atom is -0.319 e. The summed E-state index contributed by atoms with van der Waals surface area (Å²) in [6, 6.07) is 5.98. The molecule has 0 amide bonds. The van der Waals surface area contributed by atoms with Crippen LogP contribution in [0.2, 0.25) is 10.0 Å². The van der Waals surface area contributed by atoms with Crippen LogP contribution < -0.4 is 5.32 Å². The zero-order valence-electron chi connectivity index (χ0n) is 10.4. The van der Waals surface area contributed by atoms with E-state index in [0.29, 0.717) is 15.5 Å². The molecule has 0 bridgehead atoms. The van der Waals surface area contributed by atoms with Crippen LogP contribution in [0.5, 0.6) is 0 Å². The molecule has 1 saturated carbocycles. The molecule has 0 aromatic heterocycles. The van der Waals surface area contributed by atoms with Crippen LogP contribution in [0.15, 0.2) is 18.2 Å². The normalized spacial score (nSPS) is 19.1. The van der Waals surface area contributed by atoms with Crippen molar-refractivity contribution in [3.8, 4) is 0 Å². The fourth-order valence-corrected chi connectivity index (χ4v) is 2.97. The van der Waals surface area contributed by atoms with Crippen molar-refractivity contribution in [3.05, 3.63) is 33.8 Å². The summed E-state index contributed by atoms with van der Waals surface area (Å²) in [5, 5.41) is 4.61. The first-order chi connectivity index (χ1) is 8.05. The number of nitrogens with one attached hydrogen (secondary N) is 1. The van der Waals surface area contributed by atoms with Crippen LogP contribution in [-0.4, -0.2) is 13.6 Å². The number of halogens is 2. The van der Waals surface area contributed by atoms with Crippen LogP contribution in [0.3, 0.4) is 0 Å². The lowest BCUT2D eigenvalue weighted by Gasteiger charge is -2.30. The number of rotatable bonds is 5.